The molecule has 0 radical (unpaired) electrons. The molecule has 0 saturated heterocycles. The summed E-state index contributed by atoms with van der Waals surface area (Å²) in [4.78, 5) is 26.5. The van der Waals surface area contributed by atoms with Crippen molar-refractivity contribution in [1.82, 2.24) is 10.3 Å². The third kappa shape index (κ3) is 3.91. The lowest BCUT2D eigenvalue weighted by molar-refractivity contribution is -0.141. The number of carboxylic acid groups (broad SMARTS) is 1. The number of hydrogen-bond acceptors (Lipinski definition) is 3. The van der Waals surface area contributed by atoms with Gasteiger partial charge in [0.2, 0.25) is 5.91 Å². The number of nitrogens with one attached hydrogen (secondary N) is 2. The molecule has 2 rings (SSSR count). The summed E-state index contributed by atoms with van der Waals surface area (Å²) in [6.45, 7) is 1.80. The highest BCUT2D eigenvalue weighted by Gasteiger charge is 2.20. The van der Waals surface area contributed by atoms with E-state index in [-0.39, 0.29) is 18.7 Å². The molecule has 3 N–H and O–H groups in total. The Morgan fingerprint density at radius 2 is 2.22 bits per heavy atom. The van der Waals surface area contributed by atoms with Crippen LogP contribution >= 0.6 is 0 Å². The van der Waals surface area contributed by atoms with E-state index in [1.807, 2.05) is 18.2 Å². The zero-order valence-electron chi connectivity index (χ0n) is 13.1. The second-order valence-corrected chi connectivity index (χ2v) is 5.14. The number of rotatable bonds is 7. The lowest BCUT2D eigenvalue weighted by Crippen LogP contribution is -2.41. The second kappa shape index (κ2) is 7.49. The molecule has 0 spiro atoms. The first-order chi connectivity index (χ1) is 11.1. The minimum Gasteiger partial charge on any atom is -0.496 e. The number of allylic oxidation sites excluding steroid dienone is 1. The number of ether oxygens (including phenoxy) is 1. The molecule has 0 fully saturated rings. The molecular formula is C17H20N2O4. The van der Waals surface area contributed by atoms with Gasteiger partial charge in [0, 0.05) is 17.1 Å². The molecule has 0 aliphatic heterocycles. The maximum absolute atomic E-state index is 12.2. The van der Waals surface area contributed by atoms with E-state index >= 15 is 0 Å². The molecule has 1 amide bonds. The number of aromatic amines is 1. The summed E-state index contributed by atoms with van der Waals surface area (Å²) in [5, 5.41) is 12.5. The molecule has 1 aromatic heterocycles. The third-order valence-corrected chi connectivity index (χ3v) is 3.56. The van der Waals surface area contributed by atoms with Crippen LogP contribution in [-0.2, 0) is 16.0 Å². The molecule has 0 aliphatic carbocycles. The van der Waals surface area contributed by atoms with Crippen molar-refractivity contribution in [2.45, 2.75) is 25.8 Å². The number of benzene rings is 1. The molecule has 1 atom stereocenters. The van der Waals surface area contributed by atoms with Crippen molar-refractivity contribution < 1.29 is 19.4 Å². The maximum atomic E-state index is 12.2. The van der Waals surface area contributed by atoms with Crippen LogP contribution in [0.25, 0.3) is 10.9 Å². The van der Waals surface area contributed by atoms with Crippen LogP contribution in [0.1, 0.15) is 18.9 Å². The summed E-state index contributed by atoms with van der Waals surface area (Å²) in [6.07, 6.45) is 5.56. The predicted octanol–water partition coefficient (Wildman–Crippen LogP) is 2.25. The van der Waals surface area contributed by atoms with Gasteiger partial charge in [0.15, 0.2) is 0 Å². The average Bonchev–Trinajstić information content (AvgIpc) is 2.94. The Morgan fingerprint density at radius 3 is 2.87 bits per heavy atom. The number of aliphatic carboxylic acids is 1. The molecule has 0 bridgehead atoms. The van der Waals surface area contributed by atoms with Gasteiger partial charge in [-0.25, -0.2) is 4.79 Å². The summed E-state index contributed by atoms with van der Waals surface area (Å²) in [5.74, 6) is -0.711. The average molecular weight is 316 g/mol. The number of fused-ring (bicyclic) bond motifs is 1. The van der Waals surface area contributed by atoms with Crippen LogP contribution in [0.3, 0.4) is 0 Å². The largest absolute Gasteiger partial charge is 0.496 e. The van der Waals surface area contributed by atoms with Gasteiger partial charge in [-0.15, -0.1) is 0 Å². The normalized spacial score (nSPS) is 12.4. The van der Waals surface area contributed by atoms with Gasteiger partial charge in [0.25, 0.3) is 0 Å². The summed E-state index contributed by atoms with van der Waals surface area (Å²) in [5.41, 5.74) is 1.64. The van der Waals surface area contributed by atoms with Crippen LogP contribution in [0.4, 0.5) is 0 Å². The SMILES string of the molecule is C/C=C/CC(NC(=O)Cc1c[nH]c2cccc(OC)c12)C(=O)O. The van der Waals surface area contributed by atoms with Gasteiger partial charge >= 0.3 is 5.97 Å². The highest BCUT2D eigenvalue weighted by Crippen LogP contribution is 2.28. The van der Waals surface area contributed by atoms with Crippen molar-refractivity contribution in [3.8, 4) is 5.75 Å². The molecule has 23 heavy (non-hydrogen) atoms. The number of amides is 1. The molecule has 122 valence electrons. The smallest absolute Gasteiger partial charge is 0.326 e. The van der Waals surface area contributed by atoms with Gasteiger partial charge in [-0.3, -0.25) is 4.79 Å². The van der Waals surface area contributed by atoms with E-state index in [1.54, 1.807) is 32.4 Å². The Bertz CT molecular complexity index is 733. The van der Waals surface area contributed by atoms with Crippen molar-refractivity contribution in [3.05, 3.63) is 42.1 Å². The van der Waals surface area contributed by atoms with E-state index in [4.69, 9.17) is 9.84 Å². The maximum Gasteiger partial charge on any atom is 0.326 e. The monoisotopic (exact) mass is 316 g/mol. The Balaban J connectivity index is 2.15. The van der Waals surface area contributed by atoms with Gasteiger partial charge < -0.3 is 20.1 Å². The zero-order valence-corrected chi connectivity index (χ0v) is 13.1. The van der Waals surface area contributed by atoms with Crippen LogP contribution in [0, 0.1) is 0 Å². The Kier molecular flexibility index (Phi) is 5.41. The van der Waals surface area contributed by atoms with Crippen molar-refractivity contribution in [3.63, 3.8) is 0 Å². The molecule has 1 unspecified atom stereocenters. The zero-order chi connectivity index (χ0) is 16.8. The van der Waals surface area contributed by atoms with Crippen molar-refractivity contribution in [1.29, 1.82) is 0 Å². The van der Waals surface area contributed by atoms with E-state index in [0.717, 1.165) is 16.5 Å². The summed E-state index contributed by atoms with van der Waals surface area (Å²) >= 11 is 0. The second-order valence-electron chi connectivity index (χ2n) is 5.14. The number of carbonyl (C=O) groups excluding carboxylic acids is 1. The first-order valence-electron chi connectivity index (χ1n) is 7.33. The van der Waals surface area contributed by atoms with Crippen LogP contribution in [0.5, 0.6) is 5.75 Å². The minimum atomic E-state index is -1.05. The number of methoxy groups -OCH3 is 1. The Labute approximate surface area is 134 Å². The number of H-pyrrole nitrogens is 1. The first-order valence-corrected chi connectivity index (χ1v) is 7.33. The molecule has 0 saturated carbocycles. The van der Waals surface area contributed by atoms with E-state index in [2.05, 4.69) is 10.3 Å². The number of aromatic nitrogens is 1. The number of carbonyl (C=O) groups is 2. The van der Waals surface area contributed by atoms with Crippen LogP contribution in [0.2, 0.25) is 0 Å². The van der Waals surface area contributed by atoms with Gasteiger partial charge in [-0.2, -0.15) is 0 Å². The number of hydrogen-bond donors (Lipinski definition) is 3. The highest BCUT2D eigenvalue weighted by molar-refractivity contribution is 5.94. The van der Waals surface area contributed by atoms with Crippen molar-refractivity contribution in [2.24, 2.45) is 0 Å². The molecule has 1 heterocycles. The molecule has 0 aliphatic rings. The van der Waals surface area contributed by atoms with Gasteiger partial charge in [0.05, 0.1) is 13.5 Å². The van der Waals surface area contributed by atoms with Crippen molar-refractivity contribution >= 4 is 22.8 Å². The minimum absolute atomic E-state index is 0.0833. The quantitative estimate of drug-likeness (QED) is 0.683. The fourth-order valence-electron chi connectivity index (χ4n) is 2.44. The number of carboxylic acids is 1. The fraction of sp³-hybridized carbons (Fsp3) is 0.294. The first kappa shape index (κ1) is 16.6. The van der Waals surface area contributed by atoms with E-state index in [0.29, 0.717) is 5.75 Å². The van der Waals surface area contributed by atoms with E-state index in [9.17, 15) is 9.59 Å². The molecule has 1 aromatic carbocycles. The lowest BCUT2D eigenvalue weighted by atomic mass is 10.1. The molecule has 6 nitrogen and oxygen atoms in total. The van der Waals surface area contributed by atoms with Crippen LogP contribution in [0.15, 0.2) is 36.5 Å². The summed E-state index contributed by atoms with van der Waals surface area (Å²) < 4.78 is 5.33. The van der Waals surface area contributed by atoms with Gasteiger partial charge in [0.1, 0.15) is 11.8 Å². The van der Waals surface area contributed by atoms with Crippen LogP contribution in [-0.4, -0.2) is 35.1 Å². The van der Waals surface area contributed by atoms with E-state index < -0.39 is 12.0 Å². The Hall–Kier alpha value is -2.76. The topological polar surface area (TPSA) is 91.4 Å². The predicted molar refractivity (Wildman–Crippen MR) is 87.6 cm³/mol. The van der Waals surface area contributed by atoms with Gasteiger partial charge in [-0.1, -0.05) is 18.2 Å². The van der Waals surface area contributed by atoms with E-state index in [1.165, 1.54) is 0 Å². The van der Waals surface area contributed by atoms with Crippen LogP contribution < -0.4 is 10.1 Å². The van der Waals surface area contributed by atoms with Crippen molar-refractivity contribution in [2.75, 3.05) is 7.11 Å². The summed E-state index contributed by atoms with van der Waals surface area (Å²) in [7, 11) is 1.57. The Morgan fingerprint density at radius 1 is 1.43 bits per heavy atom. The molecule has 6 heteroatoms. The standard InChI is InChI=1S/C17H20N2O4/c1-3-4-6-13(17(21)22)19-15(20)9-11-10-18-12-7-5-8-14(23-2)16(11)12/h3-5,7-8,10,13,18H,6,9H2,1-2H3,(H,19,20)(H,21,22)/b4-3+. The third-order valence-electron chi connectivity index (χ3n) is 3.56. The lowest BCUT2D eigenvalue weighted by Gasteiger charge is -2.12. The van der Waals surface area contributed by atoms with Gasteiger partial charge in [-0.05, 0) is 31.0 Å². The fourth-order valence-corrected chi connectivity index (χ4v) is 2.44. The molecular weight excluding hydrogens is 296 g/mol. The molecule has 2 aromatic rings. The highest BCUT2D eigenvalue weighted by atomic mass is 16.5. The summed E-state index contributed by atoms with van der Waals surface area (Å²) in [6, 6.07) is 4.65.